The van der Waals surface area contributed by atoms with Crippen molar-refractivity contribution in [1.29, 1.82) is 5.26 Å². The lowest BCUT2D eigenvalue weighted by molar-refractivity contribution is -0.134. The molecule has 0 saturated heterocycles. The first kappa shape index (κ1) is 25.8. The summed E-state index contributed by atoms with van der Waals surface area (Å²) in [4.78, 5) is 25.2. The molecule has 0 aromatic heterocycles. The maximum atomic E-state index is 12.8. The highest BCUT2D eigenvalue weighted by Crippen LogP contribution is 2.20. The van der Waals surface area contributed by atoms with Crippen LogP contribution in [0, 0.1) is 17.2 Å². The Morgan fingerprint density at radius 2 is 1.91 bits per heavy atom. The Morgan fingerprint density at radius 1 is 1.15 bits per heavy atom. The van der Waals surface area contributed by atoms with E-state index in [0.29, 0.717) is 29.9 Å². The van der Waals surface area contributed by atoms with Gasteiger partial charge in [-0.2, -0.15) is 5.26 Å². The Kier molecular flexibility index (Phi) is 10.8. The van der Waals surface area contributed by atoms with Crippen molar-refractivity contribution in [2.75, 3.05) is 27.1 Å². The van der Waals surface area contributed by atoms with Crippen molar-refractivity contribution in [3.05, 3.63) is 65.2 Å². The lowest BCUT2D eigenvalue weighted by Crippen LogP contribution is -2.42. The van der Waals surface area contributed by atoms with Crippen LogP contribution in [-0.2, 0) is 20.7 Å². The van der Waals surface area contributed by atoms with E-state index in [1.807, 2.05) is 31.2 Å². The Balaban J connectivity index is 2.16. The molecule has 2 rings (SSSR count). The topological polar surface area (TPSA) is 130 Å². The molecule has 0 radical (unpaired) electrons. The van der Waals surface area contributed by atoms with Crippen LogP contribution in [0.4, 0.5) is 0 Å². The van der Waals surface area contributed by atoms with Crippen molar-refractivity contribution in [1.82, 2.24) is 10.8 Å². The minimum absolute atomic E-state index is 0.0481. The first-order valence-corrected chi connectivity index (χ1v) is 10.5. The summed E-state index contributed by atoms with van der Waals surface area (Å²) in [6.45, 7) is 2.47. The van der Waals surface area contributed by atoms with E-state index in [1.165, 1.54) is 0 Å². The molecule has 2 amide bonds. The second-order valence-corrected chi connectivity index (χ2v) is 7.31. The van der Waals surface area contributed by atoms with Gasteiger partial charge in [-0.05, 0) is 61.7 Å². The zero-order valence-electron chi connectivity index (χ0n) is 18.7. The lowest BCUT2D eigenvalue weighted by Gasteiger charge is -2.24. The van der Waals surface area contributed by atoms with Crippen LogP contribution in [0.3, 0.4) is 0 Å². The highest BCUT2D eigenvalue weighted by atomic mass is 16.7. The van der Waals surface area contributed by atoms with Crippen LogP contribution < -0.4 is 15.5 Å². The van der Waals surface area contributed by atoms with E-state index in [4.69, 9.17) is 19.5 Å². The number of methoxy groups -OCH3 is 1. The van der Waals surface area contributed by atoms with E-state index in [1.54, 1.807) is 42.9 Å². The average molecular weight is 456 g/mol. The van der Waals surface area contributed by atoms with Crippen molar-refractivity contribution in [3.63, 3.8) is 0 Å². The number of hydroxylamine groups is 1. The number of nitrogens with zero attached hydrogens (tertiary/aromatic N) is 1. The van der Waals surface area contributed by atoms with Gasteiger partial charge in [0, 0.05) is 18.1 Å². The van der Waals surface area contributed by atoms with Crippen LogP contribution in [0.5, 0.6) is 5.75 Å². The summed E-state index contributed by atoms with van der Waals surface area (Å²) in [5.74, 6) is -0.931. The van der Waals surface area contributed by atoms with Gasteiger partial charge in [-0.3, -0.25) is 14.8 Å². The third-order valence-corrected chi connectivity index (χ3v) is 4.97. The van der Waals surface area contributed by atoms with Gasteiger partial charge in [0.2, 0.25) is 5.91 Å². The minimum atomic E-state index is -0.649. The normalized spacial score (nSPS) is 12.3. The largest absolute Gasteiger partial charge is 0.497 e. The number of benzene rings is 2. The molecule has 9 heteroatoms. The van der Waals surface area contributed by atoms with Crippen LogP contribution in [0.25, 0.3) is 0 Å². The van der Waals surface area contributed by atoms with Crippen molar-refractivity contribution >= 4 is 11.8 Å². The molecule has 2 atom stereocenters. The van der Waals surface area contributed by atoms with E-state index in [0.717, 1.165) is 5.56 Å². The van der Waals surface area contributed by atoms with Crippen molar-refractivity contribution in [2.24, 2.45) is 5.92 Å². The standard InChI is InChI=1S/C24H29N3O6/c1-3-32-16-33-15-21(26-23(28)19-9-7-17(14-25)8-10-19)13-20(24(29)27-30)11-18-5-4-6-22(12-18)31-2/h4-10,12,20-21,30H,3,11,13,15-16H2,1-2H3,(H,26,28)(H,27,29)/t20-,21-/m0/s1. The zero-order valence-corrected chi connectivity index (χ0v) is 18.7. The van der Waals surface area contributed by atoms with Gasteiger partial charge in [0.05, 0.1) is 31.4 Å². The summed E-state index contributed by atoms with van der Waals surface area (Å²) in [5, 5.41) is 21.1. The fourth-order valence-electron chi connectivity index (χ4n) is 3.27. The molecule has 9 nitrogen and oxygen atoms in total. The number of nitriles is 1. The van der Waals surface area contributed by atoms with Gasteiger partial charge in [-0.1, -0.05) is 12.1 Å². The van der Waals surface area contributed by atoms with Gasteiger partial charge in [0.1, 0.15) is 12.5 Å². The maximum Gasteiger partial charge on any atom is 0.251 e. The summed E-state index contributed by atoms with van der Waals surface area (Å²) >= 11 is 0. The number of carbonyl (C=O) groups excluding carboxylic acids is 2. The fourth-order valence-corrected chi connectivity index (χ4v) is 3.27. The second kappa shape index (κ2) is 13.9. The zero-order chi connectivity index (χ0) is 24.1. The SMILES string of the molecule is CCOCOC[C@H](C[C@H](Cc1cccc(OC)c1)C(=O)NO)NC(=O)c1ccc(C#N)cc1. The third kappa shape index (κ3) is 8.54. The second-order valence-electron chi connectivity index (χ2n) is 7.31. The molecule has 0 aliphatic carbocycles. The van der Waals surface area contributed by atoms with Crippen LogP contribution in [-0.4, -0.2) is 50.2 Å². The molecule has 0 spiro atoms. The number of nitrogens with one attached hydrogen (secondary N) is 2. The number of hydrogen-bond donors (Lipinski definition) is 3. The quantitative estimate of drug-likeness (QED) is 0.183. The van der Waals surface area contributed by atoms with Crippen LogP contribution >= 0.6 is 0 Å². The summed E-state index contributed by atoms with van der Waals surface area (Å²) in [5.41, 5.74) is 3.38. The fraction of sp³-hybridized carbons (Fsp3) is 0.375. The van der Waals surface area contributed by atoms with Gasteiger partial charge >= 0.3 is 0 Å². The number of ether oxygens (including phenoxy) is 3. The molecule has 0 aliphatic rings. The molecule has 33 heavy (non-hydrogen) atoms. The van der Waals surface area contributed by atoms with Crippen molar-refractivity contribution in [2.45, 2.75) is 25.8 Å². The molecule has 0 aliphatic heterocycles. The molecule has 0 unspecified atom stereocenters. The Bertz CT molecular complexity index is 942. The molecule has 0 fully saturated rings. The van der Waals surface area contributed by atoms with Crippen molar-refractivity contribution < 1.29 is 29.0 Å². The van der Waals surface area contributed by atoms with Crippen molar-refractivity contribution in [3.8, 4) is 11.8 Å². The van der Waals surface area contributed by atoms with Gasteiger partial charge in [-0.25, -0.2) is 5.48 Å². The Labute approximate surface area is 193 Å². The first-order valence-electron chi connectivity index (χ1n) is 10.5. The van der Waals surface area contributed by atoms with Gasteiger partial charge < -0.3 is 19.5 Å². The number of rotatable bonds is 13. The van der Waals surface area contributed by atoms with Gasteiger partial charge in [0.15, 0.2) is 0 Å². The van der Waals surface area contributed by atoms with E-state index in [2.05, 4.69) is 5.32 Å². The van der Waals surface area contributed by atoms with Gasteiger partial charge in [-0.15, -0.1) is 0 Å². The molecule has 2 aromatic carbocycles. The monoisotopic (exact) mass is 455 g/mol. The number of hydrogen-bond acceptors (Lipinski definition) is 7. The molecular formula is C24H29N3O6. The summed E-state index contributed by atoms with van der Waals surface area (Å²) in [6.07, 6.45) is 0.524. The lowest BCUT2D eigenvalue weighted by atomic mass is 9.92. The maximum absolute atomic E-state index is 12.8. The minimum Gasteiger partial charge on any atom is -0.497 e. The van der Waals surface area contributed by atoms with E-state index in [-0.39, 0.29) is 25.7 Å². The molecular weight excluding hydrogens is 426 g/mol. The van der Waals surface area contributed by atoms with E-state index < -0.39 is 17.9 Å². The third-order valence-electron chi connectivity index (χ3n) is 4.97. The number of amides is 2. The van der Waals surface area contributed by atoms with Crippen LogP contribution in [0.1, 0.15) is 34.8 Å². The molecule has 0 heterocycles. The van der Waals surface area contributed by atoms with E-state index >= 15 is 0 Å². The summed E-state index contributed by atoms with van der Waals surface area (Å²) < 4.78 is 15.9. The summed E-state index contributed by atoms with van der Waals surface area (Å²) in [6, 6.07) is 15.0. The van der Waals surface area contributed by atoms with Gasteiger partial charge in [0.25, 0.3) is 5.91 Å². The predicted octanol–water partition coefficient (Wildman–Crippen LogP) is 2.43. The van der Waals surface area contributed by atoms with Crippen LogP contribution in [0.15, 0.2) is 48.5 Å². The smallest absolute Gasteiger partial charge is 0.251 e. The predicted molar refractivity (Wildman–Crippen MR) is 120 cm³/mol. The van der Waals surface area contributed by atoms with Crippen LogP contribution in [0.2, 0.25) is 0 Å². The summed E-state index contributed by atoms with van der Waals surface area (Å²) in [7, 11) is 1.56. The molecule has 3 N–H and O–H groups in total. The molecule has 0 saturated carbocycles. The Hall–Kier alpha value is -3.45. The Morgan fingerprint density at radius 3 is 2.55 bits per heavy atom. The first-order chi connectivity index (χ1) is 16.0. The molecule has 176 valence electrons. The highest BCUT2D eigenvalue weighted by molar-refractivity contribution is 5.94. The number of carbonyl (C=O) groups is 2. The molecule has 2 aromatic rings. The average Bonchev–Trinajstić information content (AvgIpc) is 2.85. The highest BCUT2D eigenvalue weighted by Gasteiger charge is 2.25. The van der Waals surface area contributed by atoms with E-state index in [9.17, 15) is 14.8 Å². The molecule has 0 bridgehead atoms.